The number of ether oxygens (including phenoxy) is 1. The number of hydrogen-bond acceptors (Lipinski definition) is 7. The van der Waals surface area contributed by atoms with Gasteiger partial charge in [-0.3, -0.25) is 5.43 Å². The smallest absolute Gasteiger partial charge is 0.335 e. The summed E-state index contributed by atoms with van der Waals surface area (Å²) in [7, 11) is 1.65. The number of anilines is 1. The number of aryl methyl sites for hydroxylation is 1. The molecular weight excluding hydrogens is 400 g/mol. The molecule has 0 unspecified atom stereocenters. The third-order valence-corrected chi connectivity index (χ3v) is 5.93. The molecule has 2 aromatic heterocycles. The summed E-state index contributed by atoms with van der Waals surface area (Å²) < 4.78 is 6.15. The summed E-state index contributed by atoms with van der Waals surface area (Å²) >= 11 is 1.60. The van der Waals surface area contributed by atoms with Gasteiger partial charge >= 0.3 is 5.97 Å². The number of fused-ring (bicyclic) bond motifs is 1. The highest BCUT2D eigenvalue weighted by atomic mass is 32.1. The molecule has 4 aromatic rings. The molecule has 0 saturated heterocycles. The zero-order chi connectivity index (χ0) is 21.1. The molecule has 0 spiro atoms. The lowest BCUT2D eigenvalue weighted by molar-refractivity contribution is 0.0697. The topological polar surface area (TPSA) is 96.7 Å². The Hall–Kier alpha value is -3.78. The van der Waals surface area contributed by atoms with E-state index in [-0.39, 0.29) is 5.56 Å². The van der Waals surface area contributed by atoms with Crippen LogP contribution in [0.2, 0.25) is 0 Å². The highest BCUT2D eigenvalue weighted by molar-refractivity contribution is 7.23. The number of carboxylic acids is 1. The number of carbonyl (C=O) groups is 1. The summed E-state index contributed by atoms with van der Waals surface area (Å²) in [5.74, 6) is 0.470. The molecule has 0 saturated carbocycles. The second-order valence-corrected chi connectivity index (χ2v) is 7.50. The Morgan fingerprint density at radius 3 is 2.53 bits per heavy atom. The van der Waals surface area contributed by atoms with E-state index in [2.05, 4.69) is 20.5 Å². The third kappa shape index (κ3) is 3.85. The van der Waals surface area contributed by atoms with Crippen LogP contribution in [0.3, 0.4) is 0 Å². The lowest BCUT2D eigenvalue weighted by Gasteiger charge is -2.02. The van der Waals surface area contributed by atoms with Gasteiger partial charge in [-0.2, -0.15) is 5.10 Å². The predicted molar refractivity (Wildman–Crippen MR) is 119 cm³/mol. The number of hydrogen-bond donors (Lipinski definition) is 2. The minimum atomic E-state index is -0.958. The van der Waals surface area contributed by atoms with Crippen LogP contribution >= 0.6 is 11.3 Å². The molecule has 0 aliphatic heterocycles. The van der Waals surface area contributed by atoms with Crippen LogP contribution in [0.15, 0.2) is 60.0 Å². The molecule has 0 radical (unpaired) electrons. The van der Waals surface area contributed by atoms with E-state index >= 15 is 0 Å². The molecule has 4 rings (SSSR count). The van der Waals surface area contributed by atoms with Crippen molar-refractivity contribution in [3.05, 3.63) is 71.5 Å². The molecule has 0 aliphatic rings. The number of hydrazone groups is 1. The monoisotopic (exact) mass is 418 g/mol. The average Bonchev–Trinajstić information content (AvgIpc) is 3.11. The summed E-state index contributed by atoms with van der Waals surface area (Å²) in [6.07, 6.45) is 3.13. The Bertz CT molecular complexity index is 1230. The van der Waals surface area contributed by atoms with Crippen LogP contribution in [-0.2, 0) is 0 Å². The first-order valence-electron chi connectivity index (χ1n) is 9.08. The van der Waals surface area contributed by atoms with Gasteiger partial charge in [0.05, 0.1) is 29.1 Å². The van der Waals surface area contributed by atoms with Crippen molar-refractivity contribution in [1.82, 2.24) is 9.97 Å². The van der Waals surface area contributed by atoms with Gasteiger partial charge < -0.3 is 9.84 Å². The molecule has 0 aliphatic carbocycles. The van der Waals surface area contributed by atoms with E-state index in [1.807, 2.05) is 31.2 Å². The Kier molecular flexibility index (Phi) is 5.40. The van der Waals surface area contributed by atoms with Crippen LogP contribution in [0, 0.1) is 6.92 Å². The highest BCUT2D eigenvalue weighted by Gasteiger charge is 2.15. The fourth-order valence-electron chi connectivity index (χ4n) is 3.00. The van der Waals surface area contributed by atoms with Gasteiger partial charge in [-0.25, -0.2) is 14.8 Å². The Morgan fingerprint density at radius 2 is 1.87 bits per heavy atom. The lowest BCUT2D eigenvalue weighted by Crippen LogP contribution is -1.97. The molecule has 0 fully saturated rings. The quantitative estimate of drug-likeness (QED) is 0.344. The van der Waals surface area contributed by atoms with Gasteiger partial charge in [-0.05, 0) is 60.0 Å². The Morgan fingerprint density at radius 1 is 1.13 bits per heavy atom. The van der Waals surface area contributed by atoms with Gasteiger partial charge in [0.25, 0.3) is 0 Å². The van der Waals surface area contributed by atoms with Crippen LogP contribution in [0.5, 0.6) is 5.75 Å². The van der Waals surface area contributed by atoms with Crippen molar-refractivity contribution in [3.63, 3.8) is 0 Å². The molecule has 2 heterocycles. The fraction of sp³-hybridized carbons (Fsp3) is 0.0909. The number of aromatic nitrogens is 2. The number of nitrogens with one attached hydrogen (secondary N) is 1. The maximum atomic E-state index is 10.9. The fourth-order valence-corrected chi connectivity index (χ4v) is 4.21. The predicted octanol–water partition coefficient (Wildman–Crippen LogP) is 4.82. The first-order valence-corrected chi connectivity index (χ1v) is 9.89. The zero-order valence-corrected chi connectivity index (χ0v) is 17.1. The summed E-state index contributed by atoms with van der Waals surface area (Å²) in [6, 6.07) is 14.4. The lowest BCUT2D eigenvalue weighted by atomic mass is 10.1. The van der Waals surface area contributed by atoms with Gasteiger partial charge in [0.1, 0.15) is 12.1 Å². The van der Waals surface area contributed by atoms with Crippen LogP contribution in [-0.4, -0.2) is 34.4 Å². The molecule has 7 nitrogen and oxygen atoms in total. The Labute approximate surface area is 176 Å². The molecule has 0 amide bonds. The van der Waals surface area contributed by atoms with Crippen LogP contribution in [0.4, 0.5) is 5.82 Å². The second kappa shape index (κ2) is 8.30. The third-order valence-electron chi connectivity index (χ3n) is 4.60. The van der Waals surface area contributed by atoms with E-state index in [1.54, 1.807) is 36.8 Å². The zero-order valence-electron chi connectivity index (χ0n) is 16.3. The van der Waals surface area contributed by atoms with Crippen molar-refractivity contribution in [3.8, 4) is 16.2 Å². The normalized spacial score (nSPS) is 11.1. The molecule has 150 valence electrons. The highest BCUT2D eigenvalue weighted by Crippen LogP contribution is 2.40. The van der Waals surface area contributed by atoms with Gasteiger partial charge in [0.2, 0.25) is 0 Å². The van der Waals surface area contributed by atoms with Crippen molar-refractivity contribution in [1.29, 1.82) is 0 Å². The van der Waals surface area contributed by atoms with Crippen molar-refractivity contribution < 1.29 is 14.6 Å². The van der Waals surface area contributed by atoms with Gasteiger partial charge in [0, 0.05) is 4.88 Å². The van der Waals surface area contributed by atoms with Gasteiger partial charge in [-0.15, -0.1) is 11.3 Å². The standard InChI is InChI=1S/C22H18N4O3S/c1-13-18-20(30-19(13)15-7-9-17(29-2)10-8-15)21(24-12-23-18)26-25-11-14-3-5-16(6-4-14)22(27)28/h3-12H,1-2H3,(H,27,28)(H,23,24,26)/b25-11+. The molecule has 0 atom stereocenters. The minimum absolute atomic E-state index is 0.234. The maximum Gasteiger partial charge on any atom is 0.335 e. The average molecular weight is 418 g/mol. The molecule has 30 heavy (non-hydrogen) atoms. The van der Waals surface area contributed by atoms with Crippen molar-refractivity contribution in [2.24, 2.45) is 5.10 Å². The number of thiophene rings is 1. The summed E-state index contributed by atoms with van der Waals surface area (Å²) in [5.41, 5.74) is 7.04. The van der Waals surface area contributed by atoms with Crippen molar-refractivity contribution >= 4 is 39.6 Å². The summed E-state index contributed by atoms with van der Waals surface area (Å²) in [6.45, 7) is 2.04. The van der Waals surface area contributed by atoms with Crippen LogP contribution < -0.4 is 10.2 Å². The molecule has 2 aromatic carbocycles. The van der Waals surface area contributed by atoms with E-state index in [1.165, 1.54) is 18.5 Å². The number of aromatic carboxylic acids is 1. The number of nitrogens with zero attached hydrogens (tertiary/aromatic N) is 3. The Balaban J connectivity index is 1.60. The van der Waals surface area contributed by atoms with E-state index in [9.17, 15) is 4.79 Å². The summed E-state index contributed by atoms with van der Waals surface area (Å²) in [5, 5.41) is 13.2. The first kappa shape index (κ1) is 19.5. The summed E-state index contributed by atoms with van der Waals surface area (Å²) in [4.78, 5) is 20.8. The molecule has 8 heteroatoms. The van der Waals surface area contributed by atoms with E-state index < -0.39 is 5.97 Å². The van der Waals surface area contributed by atoms with Crippen LogP contribution in [0.25, 0.3) is 20.7 Å². The van der Waals surface area contributed by atoms with Gasteiger partial charge in [0.15, 0.2) is 5.82 Å². The number of carboxylic acid groups (broad SMARTS) is 1. The van der Waals surface area contributed by atoms with Crippen LogP contribution in [0.1, 0.15) is 21.5 Å². The molecule has 0 bridgehead atoms. The first-order chi connectivity index (χ1) is 14.6. The van der Waals surface area contributed by atoms with Gasteiger partial charge in [-0.1, -0.05) is 12.1 Å². The van der Waals surface area contributed by atoms with E-state index in [4.69, 9.17) is 9.84 Å². The molecular formula is C22H18N4O3S. The second-order valence-electron chi connectivity index (χ2n) is 6.48. The largest absolute Gasteiger partial charge is 0.497 e. The maximum absolute atomic E-state index is 10.9. The van der Waals surface area contributed by atoms with Crippen molar-refractivity contribution in [2.45, 2.75) is 6.92 Å². The van der Waals surface area contributed by atoms with Crippen molar-refractivity contribution in [2.75, 3.05) is 12.5 Å². The van der Waals surface area contributed by atoms with E-state index in [0.29, 0.717) is 5.82 Å². The number of rotatable bonds is 6. The number of benzene rings is 2. The SMILES string of the molecule is COc1ccc(-c2sc3c(N/N=C/c4ccc(C(=O)O)cc4)ncnc3c2C)cc1. The molecule has 2 N–H and O–H groups in total. The number of methoxy groups -OCH3 is 1. The van der Waals surface area contributed by atoms with E-state index in [0.717, 1.165) is 37.5 Å². The minimum Gasteiger partial charge on any atom is -0.497 e.